The number of carbonyl (C=O) groups is 1. The quantitative estimate of drug-likeness (QED) is 0.739. The largest absolute Gasteiger partial charge is 0.416 e. The van der Waals surface area contributed by atoms with Crippen molar-refractivity contribution >= 4 is 34.7 Å². The molecule has 3 aromatic rings. The molecule has 2 aromatic carbocycles. The minimum Gasteiger partial charge on any atom is -0.327 e. The first-order chi connectivity index (χ1) is 11.8. The number of benzene rings is 2. The molecule has 0 bridgehead atoms. The van der Waals surface area contributed by atoms with E-state index in [0.717, 1.165) is 12.1 Å². The second-order valence-electron chi connectivity index (χ2n) is 5.15. The monoisotopic (exact) mass is 365 g/mol. The van der Waals surface area contributed by atoms with Crippen molar-refractivity contribution in [1.82, 2.24) is 14.9 Å². The second kappa shape index (κ2) is 6.60. The predicted molar refractivity (Wildman–Crippen MR) is 89.0 cm³/mol. The summed E-state index contributed by atoms with van der Waals surface area (Å²) in [6.07, 6.45) is -0.182. The first kappa shape index (κ1) is 17.0. The summed E-state index contributed by atoms with van der Waals surface area (Å²) in [5, 5.41) is 3.00. The molecule has 4 nitrogen and oxygen atoms in total. The van der Waals surface area contributed by atoms with Crippen LogP contribution in [-0.4, -0.2) is 15.5 Å². The molecule has 1 heterocycles. The maximum atomic E-state index is 12.7. The molecule has 0 saturated carbocycles. The summed E-state index contributed by atoms with van der Waals surface area (Å²) < 4.78 is 39.6. The maximum Gasteiger partial charge on any atom is 0.416 e. The molecule has 128 valence electrons. The van der Waals surface area contributed by atoms with Crippen LogP contribution in [0.25, 0.3) is 17.2 Å². The molecule has 0 saturated heterocycles. The van der Waals surface area contributed by atoms with Gasteiger partial charge in [0, 0.05) is 23.0 Å². The Morgan fingerprint density at radius 2 is 2.00 bits per heavy atom. The van der Waals surface area contributed by atoms with Crippen molar-refractivity contribution in [3.05, 3.63) is 71.1 Å². The highest BCUT2D eigenvalue weighted by Crippen LogP contribution is 2.31. The number of hydrogen-bond acceptors (Lipinski definition) is 2. The molecule has 3 rings (SSSR count). The molecule has 0 aliphatic carbocycles. The zero-order valence-electron chi connectivity index (χ0n) is 12.6. The van der Waals surface area contributed by atoms with Gasteiger partial charge in [0.25, 0.3) is 5.91 Å². The van der Waals surface area contributed by atoms with Crippen LogP contribution in [0.2, 0.25) is 5.02 Å². The zero-order valence-corrected chi connectivity index (χ0v) is 13.3. The molecule has 0 unspecified atom stereocenters. The number of hydrogen-bond donors (Lipinski definition) is 1. The third-order valence-corrected chi connectivity index (χ3v) is 3.67. The van der Waals surface area contributed by atoms with Gasteiger partial charge in [0.1, 0.15) is 0 Å². The van der Waals surface area contributed by atoms with Crippen molar-refractivity contribution in [2.75, 3.05) is 0 Å². The molecule has 0 atom stereocenters. The number of amides is 1. The molecule has 8 heteroatoms. The number of fused-ring (bicyclic) bond motifs is 1. The van der Waals surface area contributed by atoms with Crippen molar-refractivity contribution in [3.63, 3.8) is 0 Å². The molecule has 1 aromatic heterocycles. The van der Waals surface area contributed by atoms with E-state index in [4.69, 9.17) is 11.6 Å². The molecule has 0 aliphatic heterocycles. The first-order valence-electron chi connectivity index (χ1n) is 7.11. The Morgan fingerprint density at radius 1 is 1.20 bits per heavy atom. The van der Waals surface area contributed by atoms with E-state index in [1.165, 1.54) is 35.4 Å². The number of alkyl halides is 3. The fourth-order valence-electron chi connectivity index (χ4n) is 2.23. The Kier molecular flexibility index (Phi) is 4.50. The van der Waals surface area contributed by atoms with Crippen LogP contribution in [-0.2, 0) is 6.18 Å². The fraction of sp³-hybridized carbons (Fsp3) is 0.0588. The van der Waals surface area contributed by atoms with Gasteiger partial charge >= 0.3 is 6.18 Å². The average molecular weight is 366 g/mol. The normalized spacial score (nSPS) is 12.0. The number of aromatic nitrogens is 2. The van der Waals surface area contributed by atoms with E-state index < -0.39 is 11.7 Å². The summed E-state index contributed by atoms with van der Waals surface area (Å²) in [7, 11) is 0. The summed E-state index contributed by atoms with van der Waals surface area (Å²) in [4.78, 5) is 15.9. The summed E-state index contributed by atoms with van der Waals surface area (Å²) in [5.74, 6) is -0.359. The van der Waals surface area contributed by atoms with Crippen LogP contribution in [0.15, 0.2) is 55.0 Å². The topological polar surface area (TPSA) is 46.9 Å². The van der Waals surface area contributed by atoms with Gasteiger partial charge in [-0.3, -0.25) is 4.79 Å². The Balaban J connectivity index is 1.76. The maximum absolute atomic E-state index is 12.7. The van der Waals surface area contributed by atoms with E-state index in [1.807, 2.05) is 0 Å². The van der Waals surface area contributed by atoms with Crippen molar-refractivity contribution in [2.24, 2.45) is 0 Å². The number of rotatable bonds is 3. The summed E-state index contributed by atoms with van der Waals surface area (Å²) >= 11 is 5.82. The molecule has 1 amide bonds. The number of halogens is 4. The summed E-state index contributed by atoms with van der Waals surface area (Å²) in [6, 6.07) is 9.73. The molecule has 0 radical (unpaired) electrons. The second-order valence-corrected chi connectivity index (χ2v) is 5.59. The third-order valence-electron chi connectivity index (χ3n) is 3.44. The van der Waals surface area contributed by atoms with Crippen molar-refractivity contribution in [1.29, 1.82) is 0 Å². The molecule has 0 fully saturated rings. The summed E-state index contributed by atoms with van der Waals surface area (Å²) in [5.41, 5.74) is 0.327. The molecule has 0 spiro atoms. The van der Waals surface area contributed by atoms with Crippen LogP contribution in [0.5, 0.6) is 0 Å². The lowest BCUT2D eigenvalue weighted by Crippen LogP contribution is -2.17. The van der Waals surface area contributed by atoms with Gasteiger partial charge in [0.15, 0.2) is 0 Å². The molecule has 1 N–H and O–H groups in total. The Labute approximate surface area is 145 Å². The van der Waals surface area contributed by atoms with Crippen LogP contribution in [0.1, 0.15) is 15.9 Å². The van der Waals surface area contributed by atoms with Crippen molar-refractivity contribution < 1.29 is 18.0 Å². The third kappa shape index (κ3) is 3.83. The minimum atomic E-state index is -4.42. The number of carbonyl (C=O) groups excluding carboxylic acids is 1. The lowest BCUT2D eigenvalue weighted by molar-refractivity contribution is -0.137. The first-order valence-corrected chi connectivity index (χ1v) is 7.49. The molecular weight excluding hydrogens is 355 g/mol. The van der Waals surface area contributed by atoms with Crippen LogP contribution < -0.4 is 5.32 Å². The molecule has 0 aliphatic rings. The summed E-state index contributed by atoms with van der Waals surface area (Å²) in [6.45, 7) is 0. The average Bonchev–Trinajstić information content (AvgIpc) is 2.96. The minimum absolute atomic E-state index is 0.209. The SMILES string of the molecule is O=C(NC=Cn1cnc2cc(C(F)(F)F)ccc21)c1cccc(Cl)c1. The molecular formula is C17H11ClF3N3O. The van der Waals surface area contributed by atoms with Gasteiger partial charge in [-0.25, -0.2) is 4.98 Å². The number of imidazole rings is 1. The van der Waals surface area contributed by atoms with Gasteiger partial charge in [-0.15, -0.1) is 0 Å². The highest BCUT2D eigenvalue weighted by atomic mass is 35.5. The number of nitrogens with zero attached hydrogens (tertiary/aromatic N) is 2. The Hall–Kier alpha value is -2.80. The highest BCUT2D eigenvalue weighted by molar-refractivity contribution is 6.30. The van der Waals surface area contributed by atoms with E-state index >= 15 is 0 Å². The van der Waals surface area contributed by atoms with Gasteiger partial charge in [-0.05, 0) is 36.4 Å². The lowest BCUT2D eigenvalue weighted by atomic mass is 10.2. The Bertz CT molecular complexity index is 963. The van der Waals surface area contributed by atoms with Crippen LogP contribution in [0, 0.1) is 0 Å². The van der Waals surface area contributed by atoms with Crippen LogP contribution in [0.4, 0.5) is 13.2 Å². The van der Waals surface area contributed by atoms with Crippen LogP contribution >= 0.6 is 11.6 Å². The standard InChI is InChI=1S/C17H11ClF3N3O/c18-13-3-1-2-11(8-13)16(25)22-6-7-24-10-23-14-9-12(17(19,20)21)4-5-15(14)24/h1-10H,(H,22,25). The lowest BCUT2D eigenvalue weighted by Gasteiger charge is -2.06. The van der Waals surface area contributed by atoms with Crippen molar-refractivity contribution in [2.45, 2.75) is 6.18 Å². The van der Waals surface area contributed by atoms with Gasteiger partial charge in [-0.2, -0.15) is 13.2 Å². The highest BCUT2D eigenvalue weighted by Gasteiger charge is 2.30. The smallest absolute Gasteiger partial charge is 0.327 e. The van der Waals surface area contributed by atoms with Crippen molar-refractivity contribution in [3.8, 4) is 0 Å². The van der Waals surface area contributed by atoms with E-state index in [-0.39, 0.29) is 11.4 Å². The van der Waals surface area contributed by atoms with E-state index in [0.29, 0.717) is 16.1 Å². The van der Waals surface area contributed by atoms with Gasteiger partial charge in [-0.1, -0.05) is 17.7 Å². The zero-order chi connectivity index (χ0) is 18.0. The van der Waals surface area contributed by atoms with E-state index in [9.17, 15) is 18.0 Å². The van der Waals surface area contributed by atoms with Gasteiger partial charge < -0.3 is 9.88 Å². The van der Waals surface area contributed by atoms with Crippen LogP contribution in [0.3, 0.4) is 0 Å². The Morgan fingerprint density at radius 3 is 2.72 bits per heavy atom. The van der Waals surface area contributed by atoms with E-state index in [1.54, 1.807) is 18.2 Å². The number of nitrogens with one attached hydrogen (secondary N) is 1. The van der Waals surface area contributed by atoms with E-state index in [2.05, 4.69) is 10.3 Å². The van der Waals surface area contributed by atoms with Gasteiger partial charge in [0.05, 0.1) is 22.9 Å². The molecule has 25 heavy (non-hydrogen) atoms. The van der Waals surface area contributed by atoms with Gasteiger partial charge in [0.2, 0.25) is 0 Å². The predicted octanol–water partition coefficient (Wildman–Crippen LogP) is 4.57. The fourth-order valence-corrected chi connectivity index (χ4v) is 2.42.